The SMILES string of the molecule is CC(=O)c1cc(F)c(C)cc1N1CC(C)SC(C)C1. The summed E-state index contributed by atoms with van der Waals surface area (Å²) in [6, 6.07) is 3.19. The number of anilines is 1. The monoisotopic (exact) mass is 281 g/mol. The quantitative estimate of drug-likeness (QED) is 0.772. The molecule has 0 aromatic heterocycles. The molecule has 1 heterocycles. The van der Waals surface area contributed by atoms with Crippen LogP contribution in [-0.4, -0.2) is 29.4 Å². The average molecular weight is 281 g/mol. The summed E-state index contributed by atoms with van der Waals surface area (Å²) >= 11 is 1.96. The van der Waals surface area contributed by atoms with Crippen LogP contribution in [0.4, 0.5) is 10.1 Å². The highest BCUT2D eigenvalue weighted by Gasteiger charge is 2.25. The summed E-state index contributed by atoms with van der Waals surface area (Å²) in [6.45, 7) is 9.43. The van der Waals surface area contributed by atoms with Crippen LogP contribution in [0.3, 0.4) is 0 Å². The Morgan fingerprint density at radius 1 is 1.32 bits per heavy atom. The van der Waals surface area contributed by atoms with E-state index in [1.54, 1.807) is 6.92 Å². The Bertz CT molecular complexity index is 493. The van der Waals surface area contributed by atoms with Crippen LogP contribution >= 0.6 is 11.8 Å². The molecule has 0 aliphatic carbocycles. The number of carbonyl (C=O) groups excluding carboxylic acids is 1. The highest BCUT2D eigenvalue weighted by Crippen LogP contribution is 2.32. The smallest absolute Gasteiger partial charge is 0.161 e. The third-order valence-electron chi connectivity index (χ3n) is 3.42. The number of halogens is 1. The van der Waals surface area contributed by atoms with Crippen molar-refractivity contribution in [3.8, 4) is 0 Å². The molecule has 1 aromatic carbocycles. The maximum atomic E-state index is 13.7. The molecule has 2 unspecified atom stereocenters. The second-order valence-electron chi connectivity index (χ2n) is 5.34. The highest BCUT2D eigenvalue weighted by molar-refractivity contribution is 8.00. The number of thioether (sulfide) groups is 1. The first-order chi connectivity index (χ1) is 8.88. The van der Waals surface area contributed by atoms with Gasteiger partial charge in [-0.1, -0.05) is 13.8 Å². The summed E-state index contributed by atoms with van der Waals surface area (Å²) in [7, 11) is 0. The van der Waals surface area contributed by atoms with Crippen LogP contribution in [0.2, 0.25) is 0 Å². The van der Waals surface area contributed by atoms with Gasteiger partial charge in [0.1, 0.15) is 5.82 Å². The van der Waals surface area contributed by atoms with Gasteiger partial charge in [-0.3, -0.25) is 4.79 Å². The van der Waals surface area contributed by atoms with Gasteiger partial charge < -0.3 is 4.90 Å². The van der Waals surface area contributed by atoms with Crippen LogP contribution in [0.25, 0.3) is 0 Å². The van der Waals surface area contributed by atoms with Crippen molar-refractivity contribution in [1.82, 2.24) is 0 Å². The molecule has 4 heteroatoms. The molecule has 0 N–H and O–H groups in total. The van der Waals surface area contributed by atoms with Crippen molar-refractivity contribution in [2.24, 2.45) is 0 Å². The summed E-state index contributed by atoms with van der Waals surface area (Å²) in [5.41, 5.74) is 1.97. The number of benzene rings is 1. The third kappa shape index (κ3) is 3.11. The van der Waals surface area contributed by atoms with Gasteiger partial charge in [0.15, 0.2) is 5.78 Å². The van der Waals surface area contributed by atoms with Crippen molar-refractivity contribution in [3.63, 3.8) is 0 Å². The first kappa shape index (κ1) is 14.4. The van der Waals surface area contributed by atoms with E-state index in [0.29, 0.717) is 21.6 Å². The Balaban J connectivity index is 2.42. The number of ketones is 1. The zero-order valence-electron chi connectivity index (χ0n) is 11.9. The van der Waals surface area contributed by atoms with E-state index in [2.05, 4.69) is 18.7 Å². The van der Waals surface area contributed by atoms with Gasteiger partial charge in [0.25, 0.3) is 0 Å². The van der Waals surface area contributed by atoms with E-state index < -0.39 is 0 Å². The zero-order chi connectivity index (χ0) is 14.2. The number of rotatable bonds is 2. The van der Waals surface area contributed by atoms with Crippen LogP contribution < -0.4 is 4.90 Å². The minimum Gasteiger partial charge on any atom is -0.369 e. The number of hydrogen-bond acceptors (Lipinski definition) is 3. The molecule has 19 heavy (non-hydrogen) atoms. The van der Waals surface area contributed by atoms with Crippen LogP contribution in [0.1, 0.15) is 36.7 Å². The normalized spacial score (nSPS) is 23.5. The predicted molar refractivity (Wildman–Crippen MR) is 79.9 cm³/mol. The van der Waals surface area contributed by atoms with Gasteiger partial charge in [0.2, 0.25) is 0 Å². The number of hydrogen-bond donors (Lipinski definition) is 0. The Morgan fingerprint density at radius 2 is 1.89 bits per heavy atom. The zero-order valence-corrected chi connectivity index (χ0v) is 12.7. The fourth-order valence-electron chi connectivity index (χ4n) is 2.58. The summed E-state index contributed by atoms with van der Waals surface area (Å²) in [5, 5.41) is 1.04. The predicted octanol–water partition coefficient (Wildman–Crippen LogP) is 3.67. The van der Waals surface area contributed by atoms with Gasteiger partial charge in [-0.25, -0.2) is 4.39 Å². The molecule has 1 fully saturated rings. The molecule has 1 saturated heterocycles. The lowest BCUT2D eigenvalue weighted by Gasteiger charge is -2.37. The first-order valence-electron chi connectivity index (χ1n) is 6.60. The van der Waals surface area contributed by atoms with Crippen molar-refractivity contribution in [2.75, 3.05) is 18.0 Å². The number of Topliss-reactive ketones (excluding diaryl/α,β-unsaturated/α-hetero) is 1. The second-order valence-corrected chi connectivity index (χ2v) is 7.22. The summed E-state index contributed by atoms with van der Waals surface area (Å²) in [6.07, 6.45) is 0. The Kier molecular flexibility index (Phi) is 4.19. The van der Waals surface area contributed by atoms with Crippen molar-refractivity contribution >= 4 is 23.2 Å². The second kappa shape index (κ2) is 5.53. The highest BCUT2D eigenvalue weighted by atomic mass is 32.2. The maximum absolute atomic E-state index is 13.7. The molecule has 1 aliphatic rings. The molecular formula is C15H20FNOS. The Labute approximate surface area is 118 Å². The minimum atomic E-state index is -0.304. The van der Waals surface area contributed by atoms with E-state index in [1.165, 1.54) is 13.0 Å². The summed E-state index contributed by atoms with van der Waals surface area (Å²) < 4.78 is 13.7. The topological polar surface area (TPSA) is 20.3 Å². The third-order valence-corrected chi connectivity index (χ3v) is 4.64. The fraction of sp³-hybridized carbons (Fsp3) is 0.533. The van der Waals surface area contributed by atoms with Crippen molar-refractivity contribution in [2.45, 2.75) is 38.2 Å². The average Bonchev–Trinajstić information content (AvgIpc) is 2.30. The maximum Gasteiger partial charge on any atom is 0.161 e. The summed E-state index contributed by atoms with van der Waals surface area (Å²) in [5.74, 6) is -0.381. The minimum absolute atomic E-state index is 0.0765. The molecule has 2 rings (SSSR count). The van der Waals surface area contributed by atoms with Crippen molar-refractivity contribution < 1.29 is 9.18 Å². The van der Waals surface area contributed by atoms with E-state index in [4.69, 9.17) is 0 Å². The van der Waals surface area contributed by atoms with Gasteiger partial charge in [-0.15, -0.1) is 0 Å². The van der Waals surface area contributed by atoms with Gasteiger partial charge in [0.05, 0.1) is 0 Å². The molecule has 0 radical (unpaired) electrons. The van der Waals surface area contributed by atoms with Gasteiger partial charge in [-0.05, 0) is 31.5 Å². The van der Waals surface area contributed by atoms with Crippen LogP contribution in [0.5, 0.6) is 0 Å². The molecule has 2 nitrogen and oxygen atoms in total. The summed E-state index contributed by atoms with van der Waals surface area (Å²) in [4.78, 5) is 14.0. The number of nitrogens with zero attached hydrogens (tertiary/aromatic N) is 1. The lowest BCUT2D eigenvalue weighted by Crippen LogP contribution is -2.41. The molecule has 0 bridgehead atoms. The Morgan fingerprint density at radius 3 is 2.42 bits per heavy atom. The van der Waals surface area contributed by atoms with Gasteiger partial charge >= 0.3 is 0 Å². The van der Waals surface area contributed by atoms with Crippen molar-refractivity contribution in [3.05, 3.63) is 29.1 Å². The lowest BCUT2D eigenvalue weighted by molar-refractivity contribution is 0.101. The molecule has 0 saturated carbocycles. The van der Waals surface area contributed by atoms with Gasteiger partial charge in [-0.2, -0.15) is 11.8 Å². The molecule has 0 spiro atoms. The van der Waals surface area contributed by atoms with Gasteiger partial charge in [0, 0.05) is 34.8 Å². The molecular weight excluding hydrogens is 261 g/mol. The largest absolute Gasteiger partial charge is 0.369 e. The van der Waals surface area contributed by atoms with Crippen molar-refractivity contribution in [1.29, 1.82) is 0 Å². The molecule has 2 atom stereocenters. The van der Waals surface area contributed by atoms with E-state index in [-0.39, 0.29) is 11.6 Å². The standard InChI is InChI=1S/C15H20FNOS/c1-9-5-15(13(12(4)18)6-14(9)16)17-7-10(2)19-11(3)8-17/h5-6,10-11H,7-8H2,1-4H3. The van der Waals surface area contributed by atoms with Crippen LogP contribution in [0.15, 0.2) is 12.1 Å². The lowest BCUT2D eigenvalue weighted by atomic mass is 10.0. The van der Waals surface area contributed by atoms with Crippen LogP contribution in [-0.2, 0) is 0 Å². The number of aryl methyl sites for hydroxylation is 1. The van der Waals surface area contributed by atoms with E-state index in [1.807, 2.05) is 17.8 Å². The molecule has 104 valence electrons. The fourth-order valence-corrected chi connectivity index (χ4v) is 3.91. The number of carbonyl (C=O) groups is 1. The van der Waals surface area contributed by atoms with Crippen LogP contribution in [0, 0.1) is 12.7 Å². The van der Waals surface area contributed by atoms with E-state index in [9.17, 15) is 9.18 Å². The van der Waals surface area contributed by atoms with E-state index >= 15 is 0 Å². The van der Waals surface area contributed by atoms with E-state index in [0.717, 1.165) is 18.8 Å². The Hall–Kier alpha value is -1.03. The molecule has 1 aromatic rings. The molecule has 0 amide bonds. The molecule has 1 aliphatic heterocycles. The first-order valence-corrected chi connectivity index (χ1v) is 7.54.